The van der Waals surface area contributed by atoms with E-state index in [0.717, 1.165) is 50.9 Å². The summed E-state index contributed by atoms with van der Waals surface area (Å²) in [7, 11) is 0. The molecule has 1 aromatic heterocycles. The van der Waals surface area contributed by atoms with Crippen molar-refractivity contribution in [2.45, 2.75) is 57.4 Å². The Bertz CT molecular complexity index is 760. The van der Waals surface area contributed by atoms with Gasteiger partial charge in [0.15, 0.2) is 5.79 Å². The summed E-state index contributed by atoms with van der Waals surface area (Å²) in [5.74, 6) is 1.63. The Hall–Kier alpha value is -1.75. The standard InChI is InChI=1S/C22H36N6O4/c1-20(2)15-22(31-13-14-32-22)16-21(3,4)28(20)19-24-17(26-5-9-29-10-6-26)23-18(25-19)27-7-11-30-12-8-27/h5-16H2,1-4H3. The maximum Gasteiger partial charge on any atom is 0.232 e. The summed E-state index contributed by atoms with van der Waals surface area (Å²) in [6, 6.07) is 0. The van der Waals surface area contributed by atoms with Crippen LogP contribution in [0, 0.1) is 0 Å². The van der Waals surface area contributed by atoms with Crippen molar-refractivity contribution in [3.8, 4) is 0 Å². The number of nitrogens with zero attached hydrogens (tertiary/aromatic N) is 6. The summed E-state index contributed by atoms with van der Waals surface area (Å²) < 4.78 is 23.4. The Balaban J connectivity index is 1.54. The highest BCUT2D eigenvalue weighted by Crippen LogP contribution is 2.48. The fourth-order valence-corrected chi connectivity index (χ4v) is 5.85. The van der Waals surface area contributed by atoms with Crippen LogP contribution in [0.15, 0.2) is 0 Å². The van der Waals surface area contributed by atoms with Crippen molar-refractivity contribution in [2.75, 3.05) is 80.5 Å². The van der Waals surface area contributed by atoms with Gasteiger partial charge in [0.25, 0.3) is 0 Å². The number of ether oxygens (including phenoxy) is 4. The molecule has 0 N–H and O–H groups in total. The quantitative estimate of drug-likeness (QED) is 0.677. The lowest BCUT2D eigenvalue weighted by Crippen LogP contribution is -2.66. The number of hydrogen-bond acceptors (Lipinski definition) is 10. The monoisotopic (exact) mass is 448 g/mol. The number of rotatable bonds is 3. The average molecular weight is 449 g/mol. The zero-order valence-electron chi connectivity index (χ0n) is 19.8. The first kappa shape index (κ1) is 22.1. The molecule has 0 saturated carbocycles. The van der Waals surface area contributed by atoms with Crippen LogP contribution >= 0.6 is 0 Å². The third-order valence-electron chi connectivity index (χ3n) is 6.82. The SMILES string of the molecule is CC1(C)CC2(CC(C)(C)N1c1nc(N3CCOCC3)nc(N3CCOCC3)n1)OCCO2. The lowest BCUT2D eigenvalue weighted by atomic mass is 9.76. The number of morpholine rings is 2. The number of anilines is 3. The first-order chi connectivity index (χ1) is 15.3. The third kappa shape index (κ3) is 4.13. The molecular formula is C22H36N6O4. The second-order valence-electron chi connectivity index (χ2n) is 10.4. The van der Waals surface area contributed by atoms with Crippen LogP contribution in [-0.2, 0) is 18.9 Å². The molecule has 10 heteroatoms. The Morgan fingerprint density at radius 2 is 1.00 bits per heavy atom. The molecule has 0 unspecified atom stereocenters. The molecule has 0 radical (unpaired) electrons. The van der Waals surface area contributed by atoms with E-state index in [2.05, 4.69) is 42.4 Å². The van der Waals surface area contributed by atoms with Gasteiger partial charge in [-0.2, -0.15) is 15.0 Å². The smallest absolute Gasteiger partial charge is 0.232 e. The first-order valence-corrected chi connectivity index (χ1v) is 11.8. The van der Waals surface area contributed by atoms with Crippen molar-refractivity contribution in [1.82, 2.24) is 15.0 Å². The molecule has 4 saturated heterocycles. The van der Waals surface area contributed by atoms with Crippen molar-refractivity contribution in [2.24, 2.45) is 0 Å². The molecule has 0 amide bonds. The van der Waals surface area contributed by atoms with Crippen molar-refractivity contribution >= 4 is 17.8 Å². The predicted molar refractivity (Wildman–Crippen MR) is 120 cm³/mol. The van der Waals surface area contributed by atoms with Crippen molar-refractivity contribution in [3.05, 3.63) is 0 Å². The van der Waals surface area contributed by atoms with Crippen molar-refractivity contribution in [3.63, 3.8) is 0 Å². The minimum atomic E-state index is -0.531. The largest absolute Gasteiger partial charge is 0.378 e. The lowest BCUT2D eigenvalue weighted by Gasteiger charge is -2.57. The Kier molecular flexibility index (Phi) is 5.68. The highest BCUT2D eigenvalue weighted by molar-refractivity contribution is 5.50. The van der Waals surface area contributed by atoms with Crippen LogP contribution in [-0.4, -0.2) is 97.6 Å². The van der Waals surface area contributed by atoms with E-state index in [4.69, 9.17) is 33.9 Å². The molecule has 5 heterocycles. The average Bonchev–Trinajstić information content (AvgIpc) is 3.19. The van der Waals surface area contributed by atoms with Gasteiger partial charge in [0, 0.05) is 50.1 Å². The predicted octanol–water partition coefficient (Wildman–Crippen LogP) is 1.45. The minimum Gasteiger partial charge on any atom is -0.378 e. The van der Waals surface area contributed by atoms with E-state index in [1.807, 2.05) is 0 Å². The van der Waals surface area contributed by atoms with Gasteiger partial charge in [-0.05, 0) is 27.7 Å². The van der Waals surface area contributed by atoms with E-state index >= 15 is 0 Å². The zero-order chi connectivity index (χ0) is 22.4. The minimum absolute atomic E-state index is 0.266. The summed E-state index contributed by atoms with van der Waals surface area (Å²) in [6.45, 7) is 16.1. The third-order valence-corrected chi connectivity index (χ3v) is 6.82. The summed E-state index contributed by atoms with van der Waals surface area (Å²) in [5.41, 5.74) is -0.532. The molecule has 0 bridgehead atoms. The maximum absolute atomic E-state index is 6.13. The number of hydrogen-bond donors (Lipinski definition) is 0. The summed E-state index contributed by atoms with van der Waals surface area (Å²) >= 11 is 0. The van der Waals surface area contributed by atoms with Gasteiger partial charge in [0.2, 0.25) is 17.8 Å². The topological polar surface area (TPSA) is 85.3 Å². The zero-order valence-corrected chi connectivity index (χ0v) is 19.8. The van der Waals surface area contributed by atoms with Crippen LogP contribution < -0.4 is 14.7 Å². The second kappa shape index (κ2) is 8.23. The molecule has 0 aliphatic carbocycles. The fraction of sp³-hybridized carbons (Fsp3) is 0.864. The summed E-state index contributed by atoms with van der Waals surface area (Å²) in [6.07, 6.45) is 1.52. The Morgan fingerprint density at radius 1 is 0.594 bits per heavy atom. The molecule has 32 heavy (non-hydrogen) atoms. The number of aromatic nitrogens is 3. The molecule has 178 valence electrons. The molecule has 4 aliphatic rings. The van der Waals surface area contributed by atoms with Crippen LogP contribution in [0.2, 0.25) is 0 Å². The fourth-order valence-electron chi connectivity index (χ4n) is 5.85. The highest BCUT2D eigenvalue weighted by atomic mass is 16.7. The summed E-state index contributed by atoms with van der Waals surface area (Å²) in [4.78, 5) is 21.7. The highest BCUT2D eigenvalue weighted by Gasteiger charge is 2.56. The molecule has 1 spiro atoms. The molecular weight excluding hydrogens is 412 g/mol. The van der Waals surface area contributed by atoms with E-state index < -0.39 is 5.79 Å². The lowest BCUT2D eigenvalue weighted by molar-refractivity contribution is -0.198. The molecule has 10 nitrogen and oxygen atoms in total. The van der Waals surface area contributed by atoms with Gasteiger partial charge in [-0.25, -0.2) is 0 Å². The van der Waals surface area contributed by atoms with Gasteiger partial charge in [-0.15, -0.1) is 0 Å². The van der Waals surface area contributed by atoms with Gasteiger partial charge in [0.1, 0.15) is 0 Å². The Morgan fingerprint density at radius 3 is 1.44 bits per heavy atom. The molecule has 0 aromatic carbocycles. The van der Waals surface area contributed by atoms with E-state index in [0.29, 0.717) is 45.6 Å². The van der Waals surface area contributed by atoms with Crippen LogP contribution in [0.1, 0.15) is 40.5 Å². The summed E-state index contributed by atoms with van der Waals surface area (Å²) in [5, 5.41) is 0. The number of piperidine rings is 1. The van der Waals surface area contributed by atoms with E-state index in [1.165, 1.54) is 0 Å². The molecule has 4 fully saturated rings. The van der Waals surface area contributed by atoms with Crippen molar-refractivity contribution < 1.29 is 18.9 Å². The first-order valence-electron chi connectivity index (χ1n) is 11.8. The Labute approximate surface area is 190 Å². The molecule has 0 atom stereocenters. The van der Waals surface area contributed by atoms with Crippen LogP contribution in [0.25, 0.3) is 0 Å². The van der Waals surface area contributed by atoms with E-state index in [-0.39, 0.29) is 11.1 Å². The van der Waals surface area contributed by atoms with E-state index in [1.54, 1.807) is 0 Å². The van der Waals surface area contributed by atoms with E-state index in [9.17, 15) is 0 Å². The van der Waals surface area contributed by atoms with Crippen LogP contribution in [0.3, 0.4) is 0 Å². The molecule has 4 aliphatic heterocycles. The van der Waals surface area contributed by atoms with Crippen LogP contribution in [0.5, 0.6) is 0 Å². The van der Waals surface area contributed by atoms with Gasteiger partial charge < -0.3 is 33.6 Å². The van der Waals surface area contributed by atoms with Crippen LogP contribution in [0.4, 0.5) is 17.8 Å². The maximum atomic E-state index is 6.13. The normalized spacial score (nSPS) is 27.2. The molecule has 1 aromatic rings. The van der Waals surface area contributed by atoms with Crippen molar-refractivity contribution in [1.29, 1.82) is 0 Å². The molecule has 5 rings (SSSR count). The van der Waals surface area contributed by atoms with Gasteiger partial charge in [-0.3, -0.25) is 0 Å². The van der Waals surface area contributed by atoms with Gasteiger partial charge in [-0.1, -0.05) is 0 Å². The van der Waals surface area contributed by atoms with Gasteiger partial charge >= 0.3 is 0 Å². The second-order valence-corrected chi connectivity index (χ2v) is 10.4. The van der Waals surface area contributed by atoms with Gasteiger partial charge in [0.05, 0.1) is 39.6 Å².